The molecule has 0 bridgehead atoms. The van der Waals surface area contributed by atoms with E-state index < -0.39 is 15.8 Å². The van der Waals surface area contributed by atoms with Gasteiger partial charge in [-0.2, -0.15) is 0 Å². The Bertz CT molecular complexity index is 1250. The maximum Gasteiger partial charge on any atom is 0.271 e. The third-order valence-electron chi connectivity index (χ3n) is 5.36. The van der Waals surface area contributed by atoms with Gasteiger partial charge in [-0.05, 0) is 54.6 Å². The van der Waals surface area contributed by atoms with Crippen LogP contribution in [0.5, 0.6) is 0 Å². The molecule has 7 nitrogen and oxygen atoms in total. The highest BCUT2D eigenvalue weighted by molar-refractivity contribution is 7.94. The molecule has 2 heterocycles. The Kier molecular flexibility index (Phi) is 6.75. The van der Waals surface area contributed by atoms with E-state index in [1.54, 1.807) is 40.6 Å². The summed E-state index contributed by atoms with van der Waals surface area (Å²) >= 11 is 1.11. The molecule has 0 spiro atoms. The molecule has 33 heavy (non-hydrogen) atoms. The quantitative estimate of drug-likeness (QED) is 0.554. The molecule has 0 atom stereocenters. The smallest absolute Gasteiger partial charge is 0.271 e. The fourth-order valence-corrected chi connectivity index (χ4v) is 5.69. The number of thiophene rings is 1. The Morgan fingerprint density at radius 2 is 1.76 bits per heavy atom. The Labute approximate surface area is 195 Å². The lowest BCUT2D eigenvalue weighted by atomic mass is 10.0. The summed E-state index contributed by atoms with van der Waals surface area (Å²) < 4.78 is 41.4. The molecule has 0 radical (unpaired) electrons. The van der Waals surface area contributed by atoms with Crippen molar-refractivity contribution in [3.05, 3.63) is 83.0 Å². The highest BCUT2D eigenvalue weighted by Gasteiger charge is 2.26. The maximum absolute atomic E-state index is 13.9. The largest absolute Gasteiger partial charge is 0.349 e. The van der Waals surface area contributed by atoms with Crippen LogP contribution in [0, 0.1) is 5.82 Å². The molecule has 3 aromatic rings. The second kappa shape index (κ2) is 9.72. The molecule has 1 aliphatic heterocycles. The van der Waals surface area contributed by atoms with Gasteiger partial charge in [0, 0.05) is 30.4 Å². The zero-order valence-corrected chi connectivity index (χ0v) is 19.2. The summed E-state index contributed by atoms with van der Waals surface area (Å²) in [5, 5.41) is 4.61. The number of hydrogen-bond donors (Lipinski definition) is 2. The van der Waals surface area contributed by atoms with Crippen LogP contribution in [0.2, 0.25) is 0 Å². The van der Waals surface area contributed by atoms with E-state index in [0.29, 0.717) is 37.2 Å². The first-order valence-electron chi connectivity index (χ1n) is 10.3. The van der Waals surface area contributed by atoms with Gasteiger partial charge in [-0.3, -0.25) is 14.3 Å². The maximum atomic E-state index is 13.9. The van der Waals surface area contributed by atoms with Crippen molar-refractivity contribution in [2.75, 3.05) is 17.8 Å². The molecular formula is C23H22FN3O4S2. The number of benzene rings is 2. The SMILES string of the molecule is O=C(NC1CCN(C(=O)c2ccccc2F)CC1)c1cccc(NS(=O)(=O)c2cccs2)c1. The number of rotatable bonds is 6. The fourth-order valence-electron chi connectivity index (χ4n) is 3.65. The number of nitrogens with one attached hydrogen (secondary N) is 2. The monoisotopic (exact) mass is 487 g/mol. The standard InChI is InChI=1S/C23H22FN3O4S2/c24-20-8-2-1-7-19(20)23(29)27-12-10-17(11-13-27)25-22(28)16-5-3-6-18(15-16)26-33(30,31)21-9-4-14-32-21/h1-9,14-15,17,26H,10-13H2,(H,25,28). The van der Waals surface area contributed by atoms with E-state index in [1.165, 1.54) is 30.3 Å². The molecule has 4 rings (SSSR count). The number of halogens is 1. The van der Waals surface area contributed by atoms with Crippen LogP contribution >= 0.6 is 11.3 Å². The van der Waals surface area contributed by atoms with Gasteiger partial charge in [-0.15, -0.1) is 11.3 Å². The van der Waals surface area contributed by atoms with Gasteiger partial charge in [0.2, 0.25) is 0 Å². The first kappa shape index (κ1) is 22.9. The van der Waals surface area contributed by atoms with Gasteiger partial charge in [-0.1, -0.05) is 24.3 Å². The molecule has 10 heteroatoms. The van der Waals surface area contributed by atoms with E-state index >= 15 is 0 Å². The van der Waals surface area contributed by atoms with E-state index in [0.717, 1.165) is 11.3 Å². The molecule has 1 aliphatic rings. The molecule has 2 amide bonds. The topological polar surface area (TPSA) is 95.6 Å². The number of carbonyl (C=O) groups is 2. The number of carbonyl (C=O) groups excluding carboxylic acids is 2. The summed E-state index contributed by atoms with van der Waals surface area (Å²) in [6.07, 6.45) is 1.08. The number of nitrogens with zero attached hydrogens (tertiary/aromatic N) is 1. The lowest BCUT2D eigenvalue weighted by Gasteiger charge is -2.32. The van der Waals surface area contributed by atoms with Crippen molar-refractivity contribution in [1.82, 2.24) is 10.2 Å². The fraction of sp³-hybridized carbons (Fsp3) is 0.217. The third kappa shape index (κ3) is 5.40. The van der Waals surface area contributed by atoms with Crippen LogP contribution in [0.4, 0.5) is 10.1 Å². The first-order valence-corrected chi connectivity index (χ1v) is 12.7. The third-order valence-corrected chi connectivity index (χ3v) is 8.14. The van der Waals surface area contributed by atoms with Crippen LogP contribution in [0.15, 0.2) is 70.3 Å². The average Bonchev–Trinajstić information content (AvgIpc) is 3.36. The summed E-state index contributed by atoms with van der Waals surface area (Å²) in [6, 6.07) is 15.2. The molecule has 0 unspecified atom stereocenters. The highest BCUT2D eigenvalue weighted by atomic mass is 32.2. The summed E-state index contributed by atoms with van der Waals surface area (Å²) in [6.45, 7) is 0.803. The molecular weight excluding hydrogens is 465 g/mol. The highest BCUT2D eigenvalue weighted by Crippen LogP contribution is 2.21. The number of amides is 2. The van der Waals surface area contributed by atoms with Crippen LogP contribution in [-0.4, -0.2) is 44.3 Å². The number of sulfonamides is 1. The van der Waals surface area contributed by atoms with E-state index in [4.69, 9.17) is 0 Å². The van der Waals surface area contributed by atoms with E-state index in [1.807, 2.05) is 0 Å². The summed E-state index contributed by atoms with van der Waals surface area (Å²) in [7, 11) is -3.71. The molecule has 0 aliphatic carbocycles. The van der Waals surface area contributed by atoms with Gasteiger partial charge in [0.25, 0.3) is 21.8 Å². The number of piperidine rings is 1. The molecule has 172 valence electrons. The molecule has 0 saturated carbocycles. The minimum atomic E-state index is -3.71. The first-order chi connectivity index (χ1) is 15.8. The van der Waals surface area contributed by atoms with Crippen molar-refractivity contribution in [1.29, 1.82) is 0 Å². The predicted molar refractivity (Wildman–Crippen MR) is 124 cm³/mol. The van der Waals surface area contributed by atoms with Crippen molar-refractivity contribution in [2.24, 2.45) is 0 Å². The number of likely N-dealkylation sites (tertiary alicyclic amines) is 1. The van der Waals surface area contributed by atoms with Gasteiger partial charge in [0.1, 0.15) is 10.0 Å². The van der Waals surface area contributed by atoms with E-state index in [2.05, 4.69) is 10.0 Å². The average molecular weight is 488 g/mol. The van der Waals surface area contributed by atoms with Crippen molar-refractivity contribution >= 4 is 38.9 Å². The van der Waals surface area contributed by atoms with Gasteiger partial charge in [-0.25, -0.2) is 12.8 Å². The van der Waals surface area contributed by atoms with Gasteiger partial charge in [0.15, 0.2) is 0 Å². The summed E-state index contributed by atoms with van der Waals surface area (Å²) in [5.41, 5.74) is 0.661. The van der Waals surface area contributed by atoms with Crippen LogP contribution in [-0.2, 0) is 10.0 Å². The lowest BCUT2D eigenvalue weighted by Crippen LogP contribution is -2.46. The van der Waals surface area contributed by atoms with Gasteiger partial charge < -0.3 is 10.2 Å². The Morgan fingerprint density at radius 1 is 1.00 bits per heavy atom. The molecule has 1 saturated heterocycles. The summed E-state index contributed by atoms with van der Waals surface area (Å²) in [4.78, 5) is 26.9. The zero-order chi connectivity index (χ0) is 23.4. The van der Waals surface area contributed by atoms with Crippen LogP contribution in [0.3, 0.4) is 0 Å². The van der Waals surface area contributed by atoms with E-state index in [-0.39, 0.29) is 27.6 Å². The second-order valence-electron chi connectivity index (χ2n) is 7.64. The van der Waals surface area contributed by atoms with Crippen LogP contribution in [0.25, 0.3) is 0 Å². The molecule has 1 aromatic heterocycles. The minimum Gasteiger partial charge on any atom is -0.349 e. The van der Waals surface area contributed by atoms with Crippen molar-refractivity contribution in [3.63, 3.8) is 0 Å². The molecule has 2 aromatic carbocycles. The number of hydrogen-bond acceptors (Lipinski definition) is 5. The van der Waals surface area contributed by atoms with Crippen LogP contribution < -0.4 is 10.0 Å². The summed E-state index contributed by atoms with van der Waals surface area (Å²) in [5.74, 6) is -1.23. The second-order valence-corrected chi connectivity index (χ2v) is 10.5. The number of anilines is 1. The lowest BCUT2D eigenvalue weighted by molar-refractivity contribution is 0.0693. The molecule has 1 fully saturated rings. The van der Waals surface area contributed by atoms with Crippen molar-refractivity contribution < 1.29 is 22.4 Å². The minimum absolute atomic E-state index is 0.0433. The van der Waals surface area contributed by atoms with Crippen molar-refractivity contribution in [3.8, 4) is 0 Å². The Balaban J connectivity index is 1.34. The van der Waals surface area contributed by atoms with Gasteiger partial charge >= 0.3 is 0 Å². The zero-order valence-electron chi connectivity index (χ0n) is 17.5. The van der Waals surface area contributed by atoms with Crippen LogP contribution in [0.1, 0.15) is 33.6 Å². The van der Waals surface area contributed by atoms with E-state index in [9.17, 15) is 22.4 Å². The molecule has 2 N–H and O–H groups in total. The van der Waals surface area contributed by atoms with Gasteiger partial charge in [0.05, 0.1) is 5.56 Å². The predicted octanol–water partition coefficient (Wildman–Crippen LogP) is 3.72. The van der Waals surface area contributed by atoms with Crippen molar-refractivity contribution in [2.45, 2.75) is 23.1 Å². The Morgan fingerprint density at radius 3 is 2.45 bits per heavy atom. The normalized spacial score (nSPS) is 14.6. The Hall–Kier alpha value is -3.24.